The number of carbonyl (C=O) groups excluding carboxylic acids is 4. The molecule has 0 unspecified atom stereocenters. The minimum atomic E-state index is -1.85. The molecule has 3 atom stereocenters. The second-order valence-electron chi connectivity index (χ2n) is 9.59. The highest BCUT2D eigenvalue weighted by molar-refractivity contribution is 6.76. The lowest BCUT2D eigenvalue weighted by Crippen LogP contribution is -2.52. The Kier molecular flexibility index (Phi) is 7.30. The molecule has 1 aliphatic heterocycles. The van der Waals surface area contributed by atoms with Gasteiger partial charge in [0.25, 0.3) is 5.91 Å². The van der Waals surface area contributed by atoms with Crippen molar-refractivity contribution in [3.8, 4) is 0 Å². The van der Waals surface area contributed by atoms with Crippen LogP contribution in [0.25, 0.3) is 10.9 Å². The first-order valence-electron chi connectivity index (χ1n) is 10.8. The van der Waals surface area contributed by atoms with E-state index < -0.39 is 43.6 Å². The molecule has 0 aliphatic carbocycles. The van der Waals surface area contributed by atoms with Gasteiger partial charge in [-0.1, -0.05) is 19.6 Å². The van der Waals surface area contributed by atoms with Gasteiger partial charge in [0.05, 0.1) is 11.6 Å². The Labute approximate surface area is 190 Å². The molecule has 11 heteroatoms. The molecule has 1 aromatic carbocycles. The topological polar surface area (TPSA) is 120 Å². The van der Waals surface area contributed by atoms with Gasteiger partial charge in [-0.2, -0.15) is 0 Å². The number of nitrogens with one attached hydrogen (secondary N) is 4. The molecule has 1 fully saturated rings. The monoisotopic (exact) mass is 478 g/mol. The Morgan fingerprint density at radius 3 is 2.55 bits per heavy atom. The summed E-state index contributed by atoms with van der Waals surface area (Å²) < 4.78 is 27.5. The predicted molar refractivity (Wildman–Crippen MR) is 121 cm³/mol. The van der Waals surface area contributed by atoms with E-state index in [2.05, 4.69) is 20.9 Å². The number of H-pyrrole nitrogens is 1. The molecule has 2 aromatic rings. The highest BCUT2D eigenvalue weighted by Gasteiger charge is 2.32. The second-order valence-corrected chi connectivity index (χ2v) is 15.1. The lowest BCUT2D eigenvalue weighted by atomic mass is 9.99. The van der Waals surface area contributed by atoms with E-state index in [1.54, 1.807) is 0 Å². The van der Waals surface area contributed by atoms with Crippen LogP contribution in [-0.4, -0.2) is 55.7 Å². The molecule has 1 aromatic heterocycles. The van der Waals surface area contributed by atoms with Crippen LogP contribution in [0.3, 0.4) is 0 Å². The number of benzene rings is 1. The second kappa shape index (κ2) is 9.82. The van der Waals surface area contributed by atoms with E-state index in [1.165, 1.54) is 6.07 Å². The number of carbonyl (C=O) groups is 4. The van der Waals surface area contributed by atoms with Gasteiger partial charge in [-0.3, -0.25) is 14.4 Å². The fourth-order valence-electron chi connectivity index (χ4n) is 3.95. The summed E-state index contributed by atoms with van der Waals surface area (Å²) in [5.41, 5.74) is -0.0268. The zero-order valence-electron chi connectivity index (χ0n) is 18.8. The number of hydrogen-bond donors (Lipinski definition) is 4. The summed E-state index contributed by atoms with van der Waals surface area (Å²) in [7, 11) is -1.85. The van der Waals surface area contributed by atoms with Crippen LogP contribution in [0.1, 0.15) is 23.3 Å². The van der Waals surface area contributed by atoms with Crippen LogP contribution >= 0.6 is 0 Å². The first-order chi connectivity index (χ1) is 15.5. The van der Waals surface area contributed by atoms with Crippen molar-refractivity contribution in [3.05, 3.63) is 35.5 Å². The Balaban J connectivity index is 1.75. The van der Waals surface area contributed by atoms with E-state index in [1.807, 2.05) is 19.6 Å². The Bertz CT molecular complexity index is 1080. The normalized spacial score (nSPS) is 18.0. The summed E-state index contributed by atoms with van der Waals surface area (Å²) in [6.45, 7) is 6.62. The van der Waals surface area contributed by atoms with Crippen LogP contribution in [0.15, 0.2) is 18.2 Å². The molecule has 4 N–H and O–H groups in total. The van der Waals surface area contributed by atoms with Crippen molar-refractivity contribution < 1.29 is 28.0 Å². The van der Waals surface area contributed by atoms with Crippen LogP contribution in [0.4, 0.5) is 8.78 Å². The first-order valence-corrected chi connectivity index (χ1v) is 14.5. The van der Waals surface area contributed by atoms with Gasteiger partial charge in [0, 0.05) is 32.0 Å². The maximum atomic E-state index is 14.0. The SMILES string of the molecule is C[Si](C)(C)C[C@H](NC(=O)c1cc2cc(F)cc(F)c2[nH]1)C(=O)N[C@H](C=O)C[C@@H]1CCNC1=O. The number of aromatic nitrogens is 1. The number of aldehydes is 1. The molecule has 0 saturated carbocycles. The third-order valence-electron chi connectivity index (χ3n) is 5.52. The number of halogens is 2. The molecule has 2 heterocycles. The first kappa shape index (κ1) is 24.6. The van der Waals surface area contributed by atoms with Crippen LogP contribution in [-0.2, 0) is 14.4 Å². The molecular weight excluding hydrogens is 450 g/mol. The van der Waals surface area contributed by atoms with Crippen molar-refractivity contribution in [1.29, 1.82) is 0 Å². The lowest BCUT2D eigenvalue weighted by molar-refractivity contribution is -0.127. The van der Waals surface area contributed by atoms with Gasteiger partial charge in [0.1, 0.15) is 29.7 Å². The van der Waals surface area contributed by atoms with E-state index in [0.717, 1.165) is 6.07 Å². The fourth-order valence-corrected chi connectivity index (χ4v) is 5.47. The van der Waals surface area contributed by atoms with E-state index in [0.29, 0.717) is 31.4 Å². The van der Waals surface area contributed by atoms with Crippen LogP contribution in [0.5, 0.6) is 0 Å². The average molecular weight is 479 g/mol. The number of aromatic amines is 1. The Morgan fingerprint density at radius 2 is 1.94 bits per heavy atom. The molecule has 1 saturated heterocycles. The van der Waals surface area contributed by atoms with Gasteiger partial charge in [-0.15, -0.1) is 0 Å². The van der Waals surface area contributed by atoms with E-state index in [9.17, 15) is 28.0 Å². The number of hydrogen-bond acceptors (Lipinski definition) is 4. The average Bonchev–Trinajstić information content (AvgIpc) is 3.32. The number of fused-ring (bicyclic) bond motifs is 1. The molecule has 0 radical (unpaired) electrons. The standard InChI is InChI=1S/C22H28F2N4O4Si/c1-33(2,3)11-18(22(32)26-15(10-29)7-12-4-5-25-20(12)30)28-21(31)17-8-13-6-14(23)9-16(24)19(13)27-17/h6,8-10,12,15,18,27H,4-5,7,11H2,1-3H3,(H,25,30)(H,26,32)(H,28,31)/t12-,15-,18-/m0/s1. The predicted octanol–water partition coefficient (Wildman–Crippen LogP) is 2.09. The van der Waals surface area contributed by atoms with Gasteiger partial charge in [-0.05, 0) is 31.0 Å². The lowest BCUT2D eigenvalue weighted by Gasteiger charge is -2.26. The van der Waals surface area contributed by atoms with Crippen molar-refractivity contribution in [2.75, 3.05) is 6.54 Å². The van der Waals surface area contributed by atoms with Crippen molar-refractivity contribution in [2.45, 2.75) is 50.6 Å². The van der Waals surface area contributed by atoms with Crippen molar-refractivity contribution >= 4 is 43.0 Å². The number of amides is 3. The highest BCUT2D eigenvalue weighted by Crippen LogP contribution is 2.21. The van der Waals surface area contributed by atoms with Gasteiger partial charge in [0.15, 0.2) is 0 Å². The molecule has 3 amide bonds. The quantitative estimate of drug-likeness (QED) is 0.326. The molecule has 0 spiro atoms. The Hall–Kier alpha value is -3.08. The van der Waals surface area contributed by atoms with Crippen LogP contribution in [0.2, 0.25) is 25.7 Å². The minimum absolute atomic E-state index is 0.0105. The highest BCUT2D eigenvalue weighted by atomic mass is 28.3. The van der Waals surface area contributed by atoms with Gasteiger partial charge in [0.2, 0.25) is 11.8 Å². The molecule has 1 aliphatic rings. The zero-order valence-corrected chi connectivity index (χ0v) is 19.8. The van der Waals surface area contributed by atoms with E-state index in [-0.39, 0.29) is 34.8 Å². The van der Waals surface area contributed by atoms with Crippen molar-refractivity contribution in [1.82, 2.24) is 20.9 Å². The zero-order chi connectivity index (χ0) is 24.3. The molecule has 33 heavy (non-hydrogen) atoms. The third-order valence-corrected chi connectivity index (χ3v) is 7.15. The summed E-state index contributed by atoms with van der Waals surface area (Å²) in [4.78, 5) is 51.8. The maximum Gasteiger partial charge on any atom is 0.268 e. The van der Waals surface area contributed by atoms with Crippen molar-refractivity contribution in [2.24, 2.45) is 5.92 Å². The largest absolute Gasteiger partial charge is 0.356 e. The fraction of sp³-hybridized carbons (Fsp3) is 0.455. The molecule has 3 rings (SSSR count). The van der Waals surface area contributed by atoms with Crippen LogP contribution < -0.4 is 16.0 Å². The minimum Gasteiger partial charge on any atom is -0.356 e. The molecule has 8 nitrogen and oxygen atoms in total. The maximum absolute atomic E-state index is 14.0. The summed E-state index contributed by atoms with van der Waals surface area (Å²) in [6, 6.07) is 1.73. The van der Waals surface area contributed by atoms with Gasteiger partial charge >= 0.3 is 0 Å². The van der Waals surface area contributed by atoms with Gasteiger partial charge < -0.3 is 25.7 Å². The molecular formula is C22H28F2N4O4Si. The summed E-state index contributed by atoms with van der Waals surface area (Å²) in [5.74, 6) is -3.28. The number of rotatable bonds is 9. The van der Waals surface area contributed by atoms with E-state index >= 15 is 0 Å². The molecule has 0 bridgehead atoms. The third kappa shape index (κ3) is 6.25. The summed E-state index contributed by atoms with van der Waals surface area (Å²) in [6.07, 6.45) is 1.36. The van der Waals surface area contributed by atoms with E-state index in [4.69, 9.17) is 0 Å². The van der Waals surface area contributed by atoms with Crippen molar-refractivity contribution in [3.63, 3.8) is 0 Å². The Morgan fingerprint density at radius 1 is 1.21 bits per heavy atom. The van der Waals surface area contributed by atoms with Gasteiger partial charge in [-0.25, -0.2) is 8.78 Å². The smallest absolute Gasteiger partial charge is 0.268 e. The molecule has 178 valence electrons. The van der Waals surface area contributed by atoms with Crippen LogP contribution in [0, 0.1) is 17.6 Å². The summed E-state index contributed by atoms with van der Waals surface area (Å²) in [5, 5.41) is 8.19. The summed E-state index contributed by atoms with van der Waals surface area (Å²) >= 11 is 0.